The van der Waals surface area contributed by atoms with Gasteiger partial charge in [-0.3, -0.25) is 9.36 Å². The lowest BCUT2D eigenvalue weighted by Crippen LogP contribution is -2.28. The summed E-state index contributed by atoms with van der Waals surface area (Å²) in [7, 11) is 1.84. The lowest BCUT2D eigenvalue weighted by Gasteiger charge is -2.12. The molecule has 4 aromatic rings. The first-order valence-corrected chi connectivity index (χ1v) is 8.17. The quantitative estimate of drug-likeness (QED) is 0.610. The molecule has 3 heterocycles. The molecule has 0 spiro atoms. The van der Waals surface area contributed by atoms with E-state index in [0.717, 1.165) is 5.69 Å². The predicted molar refractivity (Wildman–Crippen MR) is 95.7 cm³/mol. The summed E-state index contributed by atoms with van der Waals surface area (Å²) in [5.74, 6) is 0.449. The topological polar surface area (TPSA) is 90.5 Å². The number of pyridine rings is 1. The molecule has 0 saturated carbocycles. The smallest absolute Gasteiger partial charge is 0.253 e. The van der Waals surface area contributed by atoms with E-state index in [1.165, 1.54) is 0 Å². The van der Waals surface area contributed by atoms with Gasteiger partial charge in [-0.05, 0) is 25.1 Å². The van der Waals surface area contributed by atoms with Crippen LogP contribution in [0.5, 0.6) is 0 Å². The monoisotopic (exact) mass is 347 g/mol. The number of aromatic nitrogens is 6. The van der Waals surface area contributed by atoms with Crippen LogP contribution >= 0.6 is 0 Å². The highest BCUT2D eigenvalue weighted by atomic mass is 16.1. The lowest BCUT2D eigenvalue weighted by molar-refractivity contribution is 0.0937. The van der Waals surface area contributed by atoms with E-state index in [0.29, 0.717) is 22.6 Å². The molecule has 1 atom stereocenters. The average molecular weight is 347 g/mol. The van der Waals surface area contributed by atoms with E-state index in [4.69, 9.17) is 0 Å². The number of carbonyl (C=O) groups excluding carboxylic acids is 1. The van der Waals surface area contributed by atoms with Crippen molar-refractivity contribution >= 4 is 17.1 Å². The van der Waals surface area contributed by atoms with E-state index < -0.39 is 0 Å². The van der Waals surface area contributed by atoms with Gasteiger partial charge in [-0.2, -0.15) is 0 Å². The fourth-order valence-corrected chi connectivity index (χ4v) is 2.83. The second kappa shape index (κ2) is 6.40. The van der Waals surface area contributed by atoms with Gasteiger partial charge in [0, 0.05) is 18.9 Å². The number of nitrogens with one attached hydrogen (secondary N) is 1. The molecular weight excluding hydrogens is 330 g/mol. The molecule has 0 aliphatic rings. The zero-order valence-corrected chi connectivity index (χ0v) is 14.4. The van der Waals surface area contributed by atoms with Gasteiger partial charge in [0.2, 0.25) is 0 Å². The van der Waals surface area contributed by atoms with Crippen LogP contribution < -0.4 is 5.32 Å². The SMILES string of the molecule is CC(NC(=O)c1cnc2c(c1)ncn2-c1ccccc1)c1nncn1C. The Morgan fingerprint density at radius 2 is 1.96 bits per heavy atom. The van der Waals surface area contributed by atoms with E-state index in [1.807, 2.05) is 48.9 Å². The molecule has 1 N–H and O–H groups in total. The fourth-order valence-electron chi connectivity index (χ4n) is 2.83. The summed E-state index contributed by atoms with van der Waals surface area (Å²) in [4.78, 5) is 21.3. The first kappa shape index (κ1) is 15.9. The molecule has 0 fully saturated rings. The van der Waals surface area contributed by atoms with Gasteiger partial charge in [0.05, 0.1) is 11.6 Å². The van der Waals surface area contributed by atoms with Crippen LogP contribution in [0.2, 0.25) is 0 Å². The van der Waals surface area contributed by atoms with Gasteiger partial charge in [0.1, 0.15) is 18.2 Å². The largest absolute Gasteiger partial charge is 0.342 e. The molecular formula is C18H17N7O. The number of para-hydroxylation sites is 1. The number of benzene rings is 1. The molecule has 4 rings (SSSR count). The van der Waals surface area contributed by atoms with E-state index >= 15 is 0 Å². The van der Waals surface area contributed by atoms with E-state index in [1.54, 1.807) is 29.5 Å². The average Bonchev–Trinajstić information content (AvgIpc) is 3.27. The molecule has 1 aromatic carbocycles. The fraction of sp³-hybridized carbons (Fsp3) is 0.167. The second-order valence-electron chi connectivity index (χ2n) is 6.01. The Morgan fingerprint density at radius 3 is 2.69 bits per heavy atom. The van der Waals surface area contributed by atoms with Crippen molar-refractivity contribution in [1.29, 1.82) is 0 Å². The Kier molecular flexibility index (Phi) is 3.92. The number of imidazole rings is 1. The van der Waals surface area contributed by atoms with Gasteiger partial charge < -0.3 is 9.88 Å². The summed E-state index contributed by atoms with van der Waals surface area (Å²) >= 11 is 0. The van der Waals surface area contributed by atoms with Gasteiger partial charge in [-0.1, -0.05) is 18.2 Å². The zero-order valence-electron chi connectivity index (χ0n) is 14.4. The maximum atomic E-state index is 12.5. The Bertz CT molecular complexity index is 1070. The highest BCUT2D eigenvalue weighted by Crippen LogP contribution is 2.17. The number of carbonyl (C=O) groups is 1. The standard InChI is InChI=1S/C18H17N7O/c1-12(16-23-21-11-24(16)2)22-18(26)13-8-15-17(19-9-13)25(10-20-15)14-6-4-3-5-7-14/h3-12H,1-2H3,(H,22,26). The van der Waals surface area contributed by atoms with Crippen LogP contribution in [0.3, 0.4) is 0 Å². The molecule has 26 heavy (non-hydrogen) atoms. The van der Waals surface area contributed by atoms with E-state index in [-0.39, 0.29) is 11.9 Å². The molecule has 8 heteroatoms. The summed E-state index contributed by atoms with van der Waals surface area (Å²) in [6, 6.07) is 11.3. The van der Waals surface area contributed by atoms with Crippen LogP contribution in [0.1, 0.15) is 29.1 Å². The number of amides is 1. The number of aryl methyl sites for hydroxylation is 1. The van der Waals surface area contributed by atoms with E-state index in [2.05, 4.69) is 25.5 Å². The van der Waals surface area contributed by atoms with Gasteiger partial charge in [-0.15, -0.1) is 10.2 Å². The second-order valence-corrected chi connectivity index (χ2v) is 6.01. The van der Waals surface area contributed by atoms with Crippen LogP contribution in [0.4, 0.5) is 0 Å². The minimum atomic E-state index is -0.271. The maximum Gasteiger partial charge on any atom is 0.253 e. The van der Waals surface area contributed by atoms with Crippen molar-refractivity contribution in [2.24, 2.45) is 7.05 Å². The Hall–Kier alpha value is -3.55. The van der Waals surface area contributed by atoms with Gasteiger partial charge in [0.25, 0.3) is 5.91 Å². The molecule has 8 nitrogen and oxygen atoms in total. The molecule has 0 saturated heterocycles. The maximum absolute atomic E-state index is 12.5. The van der Waals surface area contributed by atoms with Crippen molar-refractivity contribution in [2.75, 3.05) is 0 Å². The third-order valence-electron chi connectivity index (χ3n) is 4.17. The lowest BCUT2D eigenvalue weighted by atomic mass is 10.2. The zero-order chi connectivity index (χ0) is 18.1. The number of hydrogen-bond donors (Lipinski definition) is 1. The minimum Gasteiger partial charge on any atom is -0.342 e. The first-order valence-electron chi connectivity index (χ1n) is 8.17. The van der Waals surface area contributed by atoms with Crippen molar-refractivity contribution < 1.29 is 4.79 Å². The summed E-state index contributed by atoms with van der Waals surface area (Å²) in [6.07, 6.45) is 4.86. The van der Waals surface area contributed by atoms with Crippen molar-refractivity contribution in [1.82, 2.24) is 34.6 Å². The van der Waals surface area contributed by atoms with Crippen molar-refractivity contribution in [3.8, 4) is 5.69 Å². The van der Waals surface area contributed by atoms with Crippen molar-refractivity contribution in [3.05, 3.63) is 66.6 Å². The van der Waals surface area contributed by atoms with E-state index in [9.17, 15) is 4.79 Å². The number of rotatable bonds is 4. The van der Waals surface area contributed by atoms with Crippen LogP contribution in [-0.4, -0.2) is 35.2 Å². The van der Waals surface area contributed by atoms with Gasteiger partial charge in [0.15, 0.2) is 11.5 Å². The summed E-state index contributed by atoms with van der Waals surface area (Å²) < 4.78 is 3.66. The summed E-state index contributed by atoms with van der Waals surface area (Å²) in [5.41, 5.74) is 2.78. The predicted octanol–water partition coefficient (Wildman–Crippen LogP) is 2.04. The number of hydrogen-bond acceptors (Lipinski definition) is 5. The molecule has 130 valence electrons. The van der Waals surface area contributed by atoms with Crippen LogP contribution in [-0.2, 0) is 7.05 Å². The molecule has 0 aliphatic carbocycles. The molecule has 0 aliphatic heterocycles. The first-order chi connectivity index (χ1) is 12.6. The number of nitrogens with zero attached hydrogens (tertiary/aromatic N) is 6. The summed E-state index contributed by atoms with van der Waals surface area (Å²) in [6.45, 7) is 1.86. The van der Waals surface area contributed by atoms with Crippen molar-refractivity contribution in [3.63, 3.8) is 0 Å². The van der Waals surface area contributed by atoms with Gasteiger partial charge >= 0.3 is 0 Å². The molecule has 1 amide bonds. The van der Waals surface area contributed by atoms with Crippen LogP contribution in [0, 0.1) is 0 Å². The highest BCUT2D eigenvalue weighted by molar-refractivity contribution is 5.96. The third kappa shape index (κ3) is 2.81. The molecule has 0 bridgehead atoms. The summed E-state index contributed by atoms with van der Waals surface area (Å²) in [5, 5.41) is 10.8. The van der Waals surface area contributed by atoms with Crippen LogP contribution in [0.15, 0.2) is 55.2 Å². The molecule has 1 unspecified atom stereocenters. The Labute approximate surface area is 149 Å². The molecule has 0 radical (unpaired) electrons. The van der Waals surface area contributed by atoms with Crippen molar-refractivity contribution in [2.45, 2.75) is 13.0 Å². The highest BCUT2D eigenvalue weighted by Gasteiger charge is 2.17. The Morgan fingerprint density at radius 1 is 1.15 bits per heavy atom. The van der Waals surface area contributed by atoms with Crippen LogP contribution in [0.25, 0.3) is 16.9 Å². The Balaban J connectivity index is 1.60. The third-order valence-corrected chi connectivity index (χ3v) is 4.17. The normalized spacial score (nSPS) is 12.2. The number of fused-ring (bicyclic) bond motifs is 1. The minimum absolute atomic E-state index is 0.232. The van der Waals surface area contributed by atoms with Gasteiger partial charge in [-0.25, -0.2) is 9.97 Å². The molecule has 3 aromatic heterocycles.